The first-order valence-electron chi connectivity index (χ1n) is 8.04. The van der Waals surface area contributed by atoms with Crippen LogP contribution in [-0.2, 0) is 9.47 Å². The Labute approximate surface area is 126 Å². The second-order valence-corrected chi connectivity index (χ2v) is 5.69. The van der Waals surface area contributed by atoms with Gasteiger partial charge in [0, 0.05) is 6.61 Å². The Morgan fingerprint density at radius 1 is 0.857 bits per heavy atom. The van der Waals surface area contributed by atoms with Crippen LogP contribution in [0.4, 0.5) is 0 Å². The molecular weight excluding hydrogens is 276 g/mol. The lowest BCUT2D eigenvalue weighted by atomic mass is 9.99. The highest BCUT2D eigenvalue weighted by Crippen LogP contribution is 2.22. The van der Waals surface area contributed by atoms with Crippen LogP contribution in [0, 0.1) is 0 Å². The molecule has 0 unspecified atom stereocenters. The molecule has 1 heterocycles. The molecule has 0 spiro atoms. The predicted octanol–water partition coefficient (Wildman–Crippen LogP) is 0.553. The van der Waals surface area contributed by atoms with Crippen LogP contribution in [0.5, 0.6) is 0 Å². The monoisotopic (exact) mass is 306 g/mol. The Kier molecular flexibility index (Phi) is 9.39. The summed E-state index contributed by atoms with van der Waals surface area (Å²) < 4.78 is 10.7. The summed E-state index contributed by atoms with van der Waals surface area (Å²) in [4.78, 5) is 0. The van der Waals surface area contributed by atoms with Crippen molar-refractivity contribution < 1.29 is 29.9 Å². The smallest absolute Gasteiger partial charge is 0.186 e. The molecule has 4 N–H and O–H groups in total. The van der Waals surface area contributed by atoms with Crippen molar-refractivity contribution in [3.8, 4) is 0 Å². The highest BCUT2D eigenvalue weighted by atomic mass is 16.7. The van der Waals surface area contributed by atoms with Crippen LogP contribution >= 0.6 is 0 Å². The van der Waals surface area contributed by atoms with E-state index in [0.717, 1.165) is 19.3 Å². The first-order valence-corrected chi connectivity index (χ1v) is 8.04. The summed E-state index contributed by atoms with van der Waals surface area (Å²) in [6.45, 7) is 2.19. The van der Waals surface area contributed by atoms with Crippen LogP contribution in [0.25, 0.3) is 0 Å². The third-order valence-corrected chi connectivity index (χ3v) is 3.88. The quantitative estimate of drug-likeness (QED) is 0.440. The van der Waals surface area contributed by atoms with E-state index in [0.29, 0.717) is 6.61 Å². The van der Waals surface area contributed by atoms with E-state index < -0.39 is 37.3 Å². The molecule has 0 aliphatic carbocycles. The molecule has 0 amide bonds. The van der Waals surface area contributed by atoms with Crippen LogP contribution < -0.4 is 0 Å². The Balaban J connectivity index is 2.16. The first-order chi connectivity index (χ1) is 10.1. The molecule has 6 nitrogen and oxygen atoms in total. The molecule has 1 aliphatic heterocycles. The van der Waals surface area contributed by atoms with Crippen LogP contribution in [0.3, 0.4) is 0 Å². The molecule has 0 saturated carbocycles. The van der Waals surface area contributed by atoms with Crippen molar-refractivity contribution >= 4 is 0 Å². The molecule has 1 saturated heterocycles. The van der Waals surface area contributed by atoms with Gasteiger partial charge in [0.2, 0.25) is 0 Å². The van der Waals surface area contributed by atoms with Gasteiger partial charge in [0.15, 0.2) is 6.29 Å². The van der Waals surface area contributed by atoms with E-state index in [1.54, 1.807) is 0 Å². The number of hydrogen-bond donors (Lipinski definition) is 4. The maximum Gasteiger partial charge on any atom is 0.186 e. The van der Waals surface area contributed by atoms with Gasteiger partial charge in [0.25, 0.3) is 0 Å². The third kappa shape index (κ3) is 6.18. The van der Waals surface area contributed by atoms with Crippen molar-refractivity contribution in [2.24, 2.45) is 0 Å². The van der Waals surface area contributed by atoms with Crippen molar-refractivity contribution in [3.05, 3.63) is 0 Å². The van der Waals surface area contributed by atoms with Crippen molar-refractivity contribution in [2.45, 2.75) is 82.6 Å². The first kappa shape index (κ1) is 18.8. The molecule has 5 atom stereocenters. The van der Waals surface area contributed by atoms with Crippen LogP contribution in [-0.4, -0.2) is 64.3 Å². The van der Waals surface area contributed by atoms with Gasteiger partial charge in [-0.15, -0.1) is 0 Å². The van der Waals surface area contributed by atoms with Gasteiger partial charge < -0.3 is 29.9 Å². The Morgan fingerprint density at radius 3 is 2.10 bits per heavy atom. The highest BCUT2D eigenvalue weighted by molar-refractivity contribution is 4.88. The zero-order valence-corrected chi connectivity index (χ0v) is 12.9. The normalized spacial score (nSPS) is 33.3. The number of unbranched alkanes of at least 4 members (excludes halogenated alkanes) is 6. The molecule has 0 aromatic heterocycles. The average molecular weight is 306 g/mol. The summed E-state index contributed by atoms with van der Waals surface area (Å²) in [6, 6.07) is 0. The zero-order chi connectivity index (χ0) is 15.7. The summed E-state index contributed by atoms with van der Waals surface area (Å²) in [5.74, 6) is 0. The van der Waals surface area contributed by atoms with E-state index in [1.165, 1.54) is 25.7 Å². The van der Waals surface area contributed by atoms with Gasteiger partial charge in [-0.3, -0.25) is 0 Å². The molecule has 1 fully saturated rings. The maximum absolute atomic E-state index is 9.78. The summed E-state index contributed by atoms with van der Waals surface area (Å²) in [5.41, 5.74) is 0. The molecule has 1 aliphatic rings. The SMILES string of the molecule is CCCCCCCCCO[C@H]1O[C@H](CO)[C@@H](O)[C@H](O)[C@H]1O. The van der Waals surface area contributed by atoms with Gasteiger partial charge in [0.05, 0.1) is 6.61 Å². The van der Waals surface area contributed by atoms with Crippen molar-refractivity contribution in [3.63, 3.8) is 0 Å². The van der Waals surface area contributed by atoms with Crippen LogP contribution in [0.15, 0.2) is 0 Å². The number of ether oxygens (including phenoxy) is 2. The van der Waals surface area contributed by atoms with Crippen LogP contribution in [0.1, 0.15) is 51.9 Å². The fourth-order valence-electron chi connectivity index (χ4n) is 2.46. The Morgan fingerprint density at radius 2 is 1.48 bits per heavy atom. The van der Waals surface area contributed by atoms with Gasteiger partial charge in [0.1, 0.15) is 24.4 Å². The molecule has 0 aromatic carbocycles. The molecule has 126 valence electrons. The van der Waals surface area contributed by atoms with Gasteiger partial charge in [-0.25, -0.2) is 0 Å². The largest absolute Gasteiger partial charge is 0.394 e. The Bertz CT molecular complexity index is 261. The molecule has 1 rings (SSSR count). The fraction of sp³-hybridized carbons (Fsp3) is 1.00. The van der Waals surface area contributed by atoms with E-state index in [9.17, 15) is 15.3 Å². The van der Waals surface area contributed by atoms with E-state index in [4.69, 9.17) is 14.6 Å². The minimum absolute atomic E-state index is 0.427. The molecular formula is C15H30O6. The van der Waals surface area contributed by atoms with E-state index >= 15 is 0 Å². The van der Waals surface area contributed by atoms with Gasteiger partial charge in [-0.05, 0) is 6.42 Å². The number of aliphatic hydroxyl groups is 4. The number of hydrogen-bond acceptors (Lipinski definition) is 6. The standard InChI is InChI=1S/C15H30O6/c1-2-3-4-5-6-7-8-9-20-15-14(19)13(18)12(17)11(10-16)21-15/h11-19H,2-10H2,1H3/t11-,12-,13+,14-,15+/m1/s1. The predicted molar refractivity (Wildman–Crippen MR) is 77.7 cm³/mol. The molecule has 0 bridgehead atoms. The minimum Gasteiger partial charge on any atom is -0.394 e. The van der Waals surface area contributed by atoms with Gasteiger partial charge in [-0.1, -0.05) is 45.4 Å². The fourth-order valence-corrected chi connectivity index (χ4v) is 2.46. The maximum atomic E-state index is 9.78. The average Bonchev–Trinajstić information content (AvgIpc) is 2.49. The molecule has 0 radical (unpaired) electrons. The molecule has 0 aromatic rings. The Hall–Kier alpha value is -0.240. The van der Waals surface area contributed by atoms with Gasteiger partial charge in [-0.2, -0.15) is 0 Å². The summed E-state index contributed by atoms with van der Waals surface area (Å²) in [5, 5.41) is 38.1. The second kappa shape index (κ2) is 10.5. The minimum atomic E-state index is -1.37. The molecule has 6 heteroatoms. The summed E-state index contributed by atoms with van der Waals surface area (Å²) in [6.07, 6.45) is 2.20. The third-order valence-electron chi connectivity index (χ3n) is 3.88. The van der Waals surface area contributed by atoms with Crippen molar-refractivity contribution in [1.82, 2.24) is 0 Å². The van der Waals surface area contributed by atoms with Crippen molar-refractivity contribution in [1.29, 1.82) is 0 Å². The lowest BCUT2D eigenvalue weighted by Crippen LogP contribution is -2.59. The second-order valence-electron chi connectivity index (χ2n) is 5.69. The zero-order valence-electron chi connectivity index (χ0n) is 12.9. The number of rotatable bonds is 10. The summed E-state index contributed by atoms with van der Waals surface area (Å²) in [7, 11) is 0. The molecule has 21 heavy (non-hydrogen) atoms. The highest BCUT2D eigenvalue weighted by Gasteiger charge is 2.43. The topological polar surface area (TPSA) is 99.4 Å². The van der Waals surface area contributed by atoms with Crippen LogP contribution in [0.2, 0.25) is 0 Å². The lowest BCUT2D eigenvalue weighted by molar-refractivity contribution is -0.301. The van der Waals surface area contributed by atoms with Gasteiger partial charge >= 0.3 is 0 Å². The van der Waals surface area contributed by atoms with E-state index in [1.807, 2.05) is 0 Å². The summed E-state index contributed by atoms with van der Waals surface area (Å²) >= 11 is 0. The number of aliphatic hydroxyl groups excluding tert-OH is 4. The van der Waals surface area contributed by atoms with Crippen molar-refractivity contribution in [2.75, 3.05) is 13.2 Å². The van der Waals surface area contributed by atoms with E-state index in [2.05, 4.69) is 6.92 Å². The lowest BCUT2D eigenvalue weighted by Gasteiger charge is -2.39. The van der Waals surface area contributed by atoms with E-state index in [-0.39, 0.29) is 0 Å².